The molecule has 1 heterocycles. The SMILES string of the molecule is Cn1nnc(CC(N)Cc2cccc(Cl)c2)n1. The monoisotopic (exact) mass is 251 g/mol. The molecule has 0 saturated carbocycles. The number of nitrogens with two attached hydrogens (primary N) is 1. The molecule has 2 aromatic rings. The second kappa shape index (κ2) is 5.25. The largest absolute Gasteiger partial charge is 0.327 e. The Balaban J connectivity index is 1.95. The maximum Gasteiger partial charge on any atom is 0.176 e. The number of aromatic nitrogens is 4. The minimum atomic E-state index is -0.0299. The van der Waals surface area contributed by atoms with E-state index in [2.05, 4.69) is 15.4 Å². The molecule has 0 radical (unpaired) electrons. The lowest BCUT2D eigenvalue weighted by molar-refractivity contribution is 0.615. The summed E-state index contributed by atoms with van der Waals surface area (Å²) in [6.07, 6.45) is 1.36. The van der Waals surface area contributed by atoms with Crippen molar-refractivity contribution in [1.29, 1.82) is 0 Å². The molecule has 17 heavy (non-hydrogen) atoms. The van der Waals surface area contributed by atoms with E-state index in [4.69, 9.17) is 17.3 Å². The Morgan fingerprint density at radius 2 is 2.24 bits per heavy atom. The molecule has 0 fully saturated rings. The maximum atomic E-state index is 6.04. The number of halogens is 1. The van der Waals surface area contributed by atoms with Gasteiger partial charge in [0.05, 0.1) is 7.05 Å². The number of tetrazole rings is 1. The number of hydrogen-bond donors (Lipinski definition) is 1. The van der Waals surface area contributed by atoms with Gasteiger partial charge in [0.25, 0.3) is 0 Å². The second-order valence-corrected chi connectivity index (χ2v) is 4.43. The fourth-order valence-corrected chi connectivity index (χ4v) is 1.89. The van der Waals surface area contributed by atoms with Crippen molar-refractivity contribution in [2.75, 3.05) is 0 Å². The Hall–Kier alpha value is -1.46. The highest BCUT2D eigenvalue weighted by molar-refractivity contribution is 6.30. The van der Waals surface area contributed by atoms with Gasteiger partial charge in [-0.3, -0.25) is 0 Å². The van der Waals surface area contributed by atoms with Crippen molar-refractivity contribution in [2.45, 2.75) is 18.9 Å². The van der Waals surface area contributed by atoms with Gasteiger partial charge in [0.2, 0.25) is 0 Å². The lowest BCUT2D eigenvalue weighted by Gasteiger charge is -2.09. The predicted molar refractivity (Wildman–Crippen MR) is 65.6 cm³/mol. The van der Waals surface area contributed by atoms with Crippen molar-refractivity contribution in [1.82, 2.24) is 20.2 Å². The average molecular weight is 252 g/mol. The van der Waals surface area contributed by atoms with E-state index in [9.17, 15) is 0 Å². The van der Waals surface area contributed by atoms with E-state index in [1.807, 2.05) is 24.3 Å². The highest BCUT2D eigenvalue weighted by Crippen LogP contribution is 2.12. The van der Waals surface area contributed by atoms with E-state index in [0.29, 0.717) is 12.2 Å². The van der Waals surface area contributed by atoms with Gasteiger partial charge in [-0.1, -0.05) is 23.7 Å². The number of rotatable bonds is 4. The molecule has 0 aliphatic carbocycles. The summed E-state index contributed by atoms with van der Waals surface area (Å²) in [7, 11) is 1.74. The van der Waals surface area contributed by atoms with Crippen LogP contribution in [-0.4, -0.2) is 26.2 Å². The number of aryl methyl sites for hydroxylation is 1. The zero-order valence-electron chi connectivity index (χ0n) is 9.55. The van der Waals surface area contributed by atoms with Crippen LogP contribution in [0.15, 0.2) is 24.3 Å². The predicted octanol–water partition coefficient (Wildman–Crippen LogP) is 0.976. The molecule has 0 spiro atoms. The van der Waals surface area contributed by atoms with Gasteiger partial charge in [0.1, 0.15) is 0 Å². The second-order valence-electron chi connectivity index (χ2n) is 3.99. The first-order chi connectivity index (χ1) is 8.13. The summed E-state index contributed by atoms with van der Waals surface area (Å²) in [6, 6.07) is 7.67. The van der Waals surface area contributed by atoms with Gasteiger partial charge in [-0.2, -0.15) is 4.80 Å². The summed E-state index contributed by atoms with van der Waals surface area (Å²) in [4.78, 5) is 1.43. The van der Waals surface area contributed by atoms with E-state index >= 15 is 0 Å². The number of nitrogens with zero attached hydrogens (tertiary/aromatic N) is 4. The van der Waals surface area contributed by atoms with Gasteiger partial charge in [-0.25, -0.2) is 0 Å². The molecule has 90 valence electrons. The van der Waals surface area contributed by atoms with Crippen LogP contribution in [0.2, 0.25) is 5.02 Å². The van der Waals surface area contributed by atoms with Crippen molar-refractivity contribution < 1.29 is 0 Å². The Bertz CT molecular complexity index is 496. The van der Waals surface area contributed by atoms with Crippen LogP contribution in [0.5, 0.6) is 0 Å². The van der Waals surface area contributed by atoms with E-state index < -0.39 is 0 Å². The zero-order chi connectivity index (χ0) is 12.3. The molecule has 2 N–H and O–H groups in total. The molecule has 1 unspecified atom stereocenters. The molecular weight excluding hydrogens is 238 g/mol. The van der Waals surface area contributed by atoms with E-state index in [-0.39, 0.29) is 6.04 Å². The third-order valence-corrected chi connectivity index (χ3v) is 2.62. The molecule has 0 aliphatic rings. The third-order valence-electron chi connectivity index (χ3n) is 2.38. The van der Waals surface area contributed by atoms with Crippen molar-refractivity contribution in [3.8, 4) is 0 Å². The number of benzene rings is 1. The van der Waals surface area contributed by atoms with E-state index in [1.54, 1.807) is 7.05 Å². The molecule has 0 amide bonds. The highest BCUT2D eigenvalue weighted by atomic mass is 35.5. The van der Waals surface area contributed by atoms with Crippen LogP contribution < -0.4 is 5.73 Å². The normalized spacial score (nSPS) is 12.6. The van der Waals surface area contributed by atoms with Gasteiger partial charge >= 0.3 is 0 Å². The maximum absolute atomic E-state index is 6.04. The number of hydrogen-bond acceptors (Lipinski definition) is 4. The van der Waals surface area contributed by atoms with Gasteiger partial charge in [-0.15, -0.1) is 10.2 Å². The van der Waals surface area contributed by atoms with Crippen LogP contribution in [0.4, 0.5) is 0 Å². The van der Waals surface area contributed by atoms with Crippen LogP contribution in [0.25, 0.3) is 0 Å². The first kappa shape index (κ1) is 12.0. The molecular formula is C11H14ClN5. The first-order valence-corrected chi connectivity index (χ1v) is 5.74. The van der Waals surface area contributed by atoms with Gasteiger partial charge in [-0.05, 0) is 29.3 Å². The van der Waals surface area contributed by atoms with Crippen molar-refractivity contribution in [2.24, 2.45) is 12.8 Å². The van der Waals surface area contributed by atoms with Gasteiger partial charge in [0, 0.05) is 17.5 Å². The summed E-state index contributed by atoms with van der Waals surface area (Å²) in [5.41, 5.74) is 7.16. The Kier molecular flexibility index (Phi) is 3.71. The standard InChI is InChI=1S/C11H14ClN5/c1-17-15-11(14-16-17)7-10(13)6-8-3-2-4-9(12)5-8/h2-5,10H,6-7,13H2,1H3. The molecule has 1 aromatic carbocycles. The van der Waals surface area contributed by atoms with Crippen molar-refractivity contribution in [3.63, 3.8) is 0 Å². The Morgan fingerprint density at radius 3 is 2.88 bits per heavy atom. The van der Waals surface area contributed by atoms with Crippen molar-refractivity contribution >= 4 is 11.6 Å². The van der Waals surface area contributed by atoms with Crippen LogP contribution in [-0.2, 0) is 19.9 Å². The van der Waals surface area contributed by atoms with Crippen LogP contribution in [0.3, 0.4) is 0 Å². The first-order valence-electron chi connectivity index (χ1n) is 5.36. The molecule has 6 heteroatoms. The molecule has 0 bridgehead atoms. The molecule has 5 nitrogen and oxygen atoms in total. The smallest absolute Gasteiger partial charge is 0.176 e. The summed E-state index contributed by atoms with van der Waals surface area (Å²) in [6.45, 7) is 0. The summed E-state index contributed by atoms with van der Waals surface area (Å²) < 4.78 is 0. The molecule has 1 aromatic heterocycles. The molecule has 0 saturated heterocycles. The van der Waals surface area contributed by atoms with Gasteiger partial charge in [0.15, 0.2) is 5.82 Å². The third kappa shape index (κ3) is 3.51. The summed E-state index contributed by atoms with van der Waals surface area (Å²) >= 11 is 5.91. The summed E-state index contributed by atoms with van der Waals surface area (Å²) in [5, 5.41) is 12.5. The topological polar surface area (TPSA) is 69.6 Å². The highest BCUT2D eigenvalue weighted by Gasteiger charge is 2.09. The molecule has 0 aliphatic heterocycles. The Labute approximate surface area is 105 Å². The lowest BCUT2D eigenvalue weighted by Crippen LogP contribution is -2.26. The minimum Gasteiger partial charge on any atom is -0.327 e. The van der Waals surface area contributed by atoms with Crippen molar-refractivity contribution in [3.05, 3.63) is 40.7 Å². The van der Waals surface area contributed by atoms with Crippen LogP contribution in [0.1, 0.15) is 11.4 Å². The lowest BCUT2D eigenvalue weighted by atomic mass is 10.0. The fraction of sp³-hybridized carbons (Fsp3) is 0.364. The zero-order valence-corrected chi connectivity index (χ0v) is 10.3. The van der Waals surface area contributed by atoms with Crippen LogP contribution >= 0.6 is 11.6 Å². The summed E-state index contributed by atoms with van der Waals surface area (Å²) in [5.74, 6) is 0.669. The van der Waals surface area contributed by atoms with E-state index in [0.717, 1.165) is 17.0 Å². The molecule has 1 atom stereocenters. The molecule has 2 rings (SSSR count). The minimum absolute atomic E-state index is 0.0299. The Morgan fingerprint density at radius 1 is 1.41 bits per heavy atom. The fourth-order valence-electron chi connectivity index (χ4n) is 1.68. The average Bonchev–Trinajstić information content (AvgIpc) is 2.63. The van der Waals surface area contributed by atoms with Gasteiger partial charge < -0.3 is 5.73 Å². The van der Waals surface area contributed by atoms with E-state index in [1.165, 1.54) is 4.80 Å². The van der Waals surface area contributed by atoms with Crippen LogP contribution in [0, 0.1) is 0 Å². The quantitative estimate of drug-likeness (QED) is 0.879.